The molecule has 1 fully saturated rings. The molecule has 0 aromatic heterocycles. The number of carbonyl (C=O) groups excluding carboxylic acids is 2. The summed E-state index contributed by atoms with van der Waals surface area (Å²) in [6, 6.07) is 13.8. The van der Waals surface area contributed by atoms with Gasteiger partial charge in [-0.1, -0.05) is 43.3 Å². The minimum absolute atomic E-state index is 0.0838. The minimum atomic E-state index is -0.695. The van der Waals surface area contributed by atoms with E-state index in [0.29, 0.717) is 16.9 Å². The van der Waals surface area contributed by atoms with Crippen molar-refractivity contribution < 1.29 is 24.2 Å². The van der Waals surface area contributed by atoms with Crippen molar-refractivity contribution in [1.82, 2.24) is 4.90 Å². The maximum absolute atomic E-state index is 12.8. The molecule has 0 radical (unpaired) electrons. The number of rotatable bonds is 7. The van der Waals surface area contributed by atoms with Gasteiger partial charge < -0.3 is 19.5 Å². The van der Waals surface area contributed by atoms with Gasteiger partial charge in [0, 0.05) is 19.2 Å². The molecule has 1 amide bonds. The number of amides is 1. The standard InChI is InChI=1S/C23H25NO5/c1-4-15-5-7-17(8-6-15)21(25)19-20(16-9-11-18(29-3)12-10-16)24(13-14-28-2)23(27)22(19)26/h5-12,20,25H,4,13-14H2,1-3H3/b21-19-. The molecule has 1 atom stereocenters. The van der Waals surface area contributed by atoms with E-state index in [4.69, 9.17) is 9.47 Å². The molecular formula is C23H25NO5. The van der Waals surface area contributed by atoms with Gasteiger partial charge >= 0.3 is 0 Å². The maximum atomic E-state index is 12.8. The predicted octanol–water partition coefficient (Wildman–Crippen LogP) is 3.33. The van der Waals surface area contributed by atoms with Crippen LogP contribution in [0.3, 0.4) is 0 Å². The van der Waals surface area contributed by atoms with Crippen molar-refractivity contribution in [2.75, 3.05) is 27.4 Å². The average molecular weight is 395 g/mol. The van der Waals surface area contributed by atoms with E-state index in [1.165, 1.54) is 12.0 Å². The summed E-state index contributed by atoms with van der Waals surface area (Å²) >= 11 is 0. The van der Waals surface area contributed by atoms with Crippen LogP contribution in [-0.2, 0) is 20.7 Å². The summed E-state index contributed by atoms with van der Waals surface area (Å²) in [5.41, 5.74) is 2.42. The van der Waals surface area contributed by atoms with Crippen LogP contribution in [0, 0.1) is 0 Å². The van der Waals surface area contributed by atoms with Crippen molar-refractivity contribution in [2.45, 2.75) is 19.4 Å². The summed E-state index contributed by atoms with van der Waals surface area (Å²) in [5, 5.41) is 11.0. The fraction of sp³-hybridized carbons (Fsp3) is 0.304. The van der Waals surface area contributed by atoms with Crippen molar-refractivity contribution in [1.29, 1.82) is 0 Å². The molecule has 1 unspecified atom stereocenters. The molecule has 1 aliphatic rings. The van der Waals surface area contributed by atoms with Gasteiger partial charge in [-0.3, -0.25) is 9.59 Å². The number of likely N-dealkylation sites (tertiary alicyclic amines) is 1. The highest BCUT2D eigenvalue weighted by Crippen LogP contribution is 2.39. The third kappa shape index (κ3) is 4.03. The number of hydrogen-bond acceptors (Lipinski definition) is 5. The topological polar surface area (TPSA) is 76.1 Å². The Kier molecular flexibility index (Phi) is 6.34. The minimum Gasteiger partial charge on any atom is -0.507 e. The Labute approximate surface area is 170 Å². The third-order valence-electron chi connectivity index (χ3n) is 5.14. The molecule has 0 bridgehead atoms. The first-order valence-electron chi connectivity index (χ1n) is 9.52. The lowest BCUT2D eigenvalue weighted by Crippen LogP contribution is -2.32. The second-order valence-corrected chi connectivity index (χ2v) is 6.81. The molecule has 6 nitrogen and oxygen atoms in total. The second kappa shape index (κ2) is 8.92. The van der Waals surface area contributed by atoms with Gasteiger partial charge in [0.1, 0.15) is 11.5 Å². The lowest BCUT2D eigenvalue weighted by molar-refractivity contribution is -0.140. The molecular weight excluding hydrogens is 370 g/mol. The van der Waals surface area contributed by atoms with Crippen LogP contribution in [0.15, 0.2) is 54.1 Å². The fourth-order valence-corrected chi connectivity index (χ4v) is 3.49. The SMILES string of the molecule is CCc1ccc(/C(O)=C2/C(=O)C(=O)N(CCOC)C2c2ccc(OC)cc2)cc1. The highest BCUT2D eigenvalue weighted by Gasteiger charge is 2.45. The molecule has 1 aliphatic heterocycles. The second-order valence-electron chi connectivity index (χ2n) is 6.81. The van der Waals surface area contributed by atoms with Crippen LogP contribution in [0.1, 0.15) is 29.7 Å². The Bertz CT molecular complexity index is 915. The molecule has 2 aromatic rings. The van der Waals surface area contributed by atoms with E-state index in [1.807, 2.05) is 19.1 Å². The van der Waals surface area contributed by atoms with Crippen LogP contribution < -0.4 is 4.74 Å². The number of hydrogen-bond donors (Lipinski definition) is 1. The largest absolute Gasteiger partial charge is 0.507 e. The molecule has 1 heterocycles. The number of aryl methyl sites for hydroxylation is 1. The average Bonchev–Trinajstić information content (AvgIpc) is 3.02. The quantitative estimate of drug-likeness (QED) is 0.442. The van der Waals surface area contributed by atoms with Crippen LogP contribution in [-0.4, -0.2) is 49.1 Å². The zero-order chi connectivity index (χ0) is 21.0. The van der Waals surface area contributed by atoms with E-state index in [1.54, 1.807) is 43.5 Å². The molecule has 1 N–H and O–H groups in total. The van der Waals surface area contributed by atoms with E-state index in [0.717, 1.165) is 12.0 Å². The van der Waals surface area contributed by atoms with Gasteiger partial charge in [-0.05, 0) is 29.7 Å². The molecule has 2 aromatic carbocycles. The fourth-order valence-electron chi connectivity index (χ4n) is 3.49. The van der Waals surface area contributed by atoms with Crippen LogP contribution in [0.2, 0.25) is 0 Å². The van der Waals surface area contributed by atoms with E-state index < -0.39 is 17.7 Å². The first-order chi connectivity index (χ1) is 14.0. The summed E-state index contributed by atoms with van der Waals surface area (Å²) in [4.78, 5) is 27.0. The zero-order valence-electron chi connectivity index (χ0n) is 16.8. The Morgan fingerprint density at radius 2 is 1.69 bits per heavy atom. The van der Waals surface area contributed by atoms with Crippen LogP contribution >= 0.6 is 0 Å². The molecule has 0 aliphatic carbocycles. The van der Waals surface area contributed by atoms with Crippen molar-refractivity contribution >= 4 is 17.4 Å². The number of carbonyl (C=O) groups is 2. The number of aliphatic hydroxyl groups is 1. The molecule has 6 heteroatoms. The van der Waals surface area contributed by atoms with Gasteiger partial charge in [0.2, 0.25) is 0 Å². The lowest BCUT2D eigenvalue weighted by Gasteiger charge is -2.25. The first kappa shape index (κ1) is 20.6. The number of nitrogens with zero attached hydrogens (tertiary/aromatic N) is 1. The Hall–Kier alpha value is -3.12. The number of Topliss-reactive ketones (excluding diaryl/α,β-unsaturated/α-hetero) is 1. The first-order valence-corrected chi connectivity index (χ1v) is 9.52. The summed E-state index contributed by atoms with van der Waals surface area (Å²) < 4.78 is 10.3. The van der Waals surface area contributed by atoms with Gasteiger partial charge in [-0.2, -0.15) is 0 Å². The van der Waals surface area contributed by atoms with Gasteiger partial charge in [-0.25, -0.2) is 0 Å². The van der Waals surface area contributed by atoms with Crippen molar-refractivity contribution in [3.05, 3.63) is 70.8 Å². The van der Waals surface area contributed by atoms with Crippen LogP contribution in [0.4, 0.5) is 0 Å². The summed E-state index contributed by atoms with van der Waals surface area (Å²) in [6.07, 6.45) is 0.869. The van der Waals surface area contributed by atoms with E-state index in [-0.39, 0.29) is 24.5 Å². The Morgan fingerprint density at radius 3 is 2.24 bits per heavy atom. The Balaban J connectivity index is 2.11. The third-order valence-corrected chi connectivity index (χ3v) is 5.14. The van der Waals surface area contributed by atoms with Crippen molar-refractivity contribution in [3.8, 4) is 5.75 Å². The normalized spacial score (nSPS) is 18.3. The number of methoxy groups -OCH3 is 2. The van der Waals surface area contributed by atoms with Crippen LogP contribution in [0.25, 0.3) is 5.76 Å². The Morgan fingerprint density at radius 1 is 1.03 bits per heavy atom. The molecule has 152 valence electrons. The molecule has 1 saturated heterocycles. The van der Waals surface area contributed by atoms with Gasteiger partial charge in [0.25, 0.3) is 11.7 Å². The van der Waals surface area contributed by atoms with E-state index in [2.05, 4.69) is 0 Å². The number of aliphatic hydroxyl groups excluding tert-OH is 1. The van der Waals surface area contributed by atoms with Gasteiger partial charge in [0.15, 0.2) is 0 Å². The molecule has 29 heavy (non-hydrogen) atoms. The number of benzene rings is 2. The molecule has 0 spiro atoms. The summed E-state index contributed by atoms with van der Waals surface area (Å²) in [5.74, 6) is -0.849. The van der Waals surface area contributed by atoms with Crippen molar-refractivity contribution in [3.63, 3.8) is 0 Å². The molecule has 0 saturated carbocycles. The van der Waals surface area contributed by atoms with Gasteiger partial charge in [-0.15, -0.1) is 0 Å². The van der Waals surface area contributed by atoms with E-state index in [9.17, 15) is 14.7 Å². The van der Waals surface area contributed by atoms with Crippen molar-refractivity contribution in [2.24, 2.45) is 0 Å². The monoisotopic (exact) mass is 395 g/mol. The number of ether oxygens (including phenoxy) is 2. The lowest BCUT2D eigenvalue weighted by atomic mass is 9.95. The summed E-state index contributed by atoms with van der Waals surface area (Å²) in [6.45, 7) is 2.56. The predicted molar refractivity (Wildman–Crippen MR) is 110 cm³/mol. The smallest absolute Gasteiger partial charge is 0.295 e. The van der Waals surface area contributed by atoms with Crippen LogP contribution in [0.5, 0.6) is 5.75 Å². The highest BCUT2D eigenvalue weighted by atomic mass is 16.5. The van der Waals surface area contributed by atoms with E-state index >= 15 is 0 Å². The summed E-state index contributed by atoms with van der Waals surface area (Å²) in [7, 11) is 3.11. The highest BCUT2D eigenvalue weighted by molar-refractivity contribution is 6.46. The number of ketones is 1. The zero-order valence-corrected chi connectivity index (χ0v) is 16.8. The maximum Gasteiger partial charge on any atom is 0.295 e. The van der Waals surface area contributed by atoms with Gasteiger partial charge in [0.05, 0.1) is 25.3 Å². The molecule has 3 rings (SSSR count).